The Kier molecular flexibility index (Phi) is 5.57. The standard InChI is InChI=1S/C18H22N2O5/c1-3-23-17(21)16-5-4-8-20(16)19-12-13-6-7-14(22-2)11-15(13)18-24-9-10-25-18/h4-8,11,18-19H,3,9-10,12H2,1-2H3. The zero-order chi connectivity index (χ0) is 17.6. The number of hydrogen-bond donors (Lipinski definition) is 1. The monoisotopic (exact) mass is 346 g/mol. The smallest absolute Gasteiger partial charge is 0.356 e. The van der Waals surface area contributed by atoms with E-state index in [9.17, 15) is 4.79 Å². The second-order valence-corrected chi connectivity index (χ2v) is 5.46. The lowest BCUT2D eigenvalue weighted by atomic mass is 10.1. The number of carbonyl (C=O) groups is 1. The van der Waals surface area contributed by atoms with Crippen LogP contribution in [0.15, 0.2) is 36.5 Å². The van der Waals surface area contributed by atoms with E-state index >= 15 is 0 Å². The van der Waals surface area contributed by atoms with Crippen molar-refractivity contribution in [1.82, 2.24) is 4.68 Å². The van der Waals surface area contributed by atoms with Gasteiger partial charge in [-0.25, -0.2) is 4.79 Å². The number of rotatable bonds is 7. The van der Waals surface area contributed by atoms with E-state index in [1.165, 1.54) is 0 Å². The van der Waals surface area contributed by atoms with E-state index in [0.717, 1.165) is 16.9 Å². The summed E-state index contributed by atoms with van der Waals surface area (Å²) in [5.41, 5.74) is 5.57. The van der Waals surface area contributed by atoms with Crippen LogP contribution in [0.2, 0.25) is 0 Å². The van der Waals surface area contributed by atoms with Gasteiger partial charge in [-0.15, -0.1) is 0 Å². The highest BCUT2D eigenvalue weighted by Gasteiger charge is 2.22. The molecule has 2 aromatic rings. The number of nitrogens with zero attached hydrogens (tertiary/aromatic N) is 1. The van der Waals surface area contributed by atoms with E-state index in [4.69, 9.17) is 18.9 Å². The van der Waals surface area contributed by atoms with Gasteiger partial charge in [-0.2, -0.15) is 0 Å². The zero-order valence-corrected chi connectivity index (χ0v) is 14.4. The van der Waals surface area contributed by atoms with E-state index in [1.807, 2.05) is 18.2 Å². The summed E-state index contributed by atoms with van der Waals surface area (Å²) in [6.45, 7) is 3.75. The van der Waals surface area contributed by atoms with E-state index in [2.05, 4.69) is 5.43 Å². The first kappa shape index (κ1) is 17.3. The normalized spacial score (nSPS) is 14.5. The third kappa shape index (κ3) is 3.94. The van der Waals surface area contributed by atoms with Gasteiger partial charge in [0.05, 0.1) is 33.5 Å². The molecule has 1 aliphatic heterocycles. The maximum absolute atomic E-state index is 12.0. The summed E-state index contributed by atoms with van der Waals surface area (Å²) in [4.78, 5) is 12.0. The topological polar surface area (TPSA) is 71.0 Å². The van der Waals surface area contributed by atoms with E-state index < -0.39 is 6.29 Å². The van der Waals surface area contributed by atoms with Gasteiger partial charge in [-0.05, 0) is 36.8 Å². The van der Waals surface area contributed by atoms with Crippen molar-refractivity contribution in [1.29, 1.82) is 0 Å². The fraction of sp³-hybridized carbons (Fsp3) is 0.389. The molecule has 7 heteroatoms. The van der Waals surface area contributed by atoms with Crippen LogP contribution in [0.1, 0.15) is 34.8 Å². The molecule has 0 radical (unpaired) electrons. The molecule has 2 heterocycles. The summed E-state index contributed by atoms with van der Waals surface area (Å²) in [5, 5.41) is 0. The number of benzene rings is 1. The highest BCUT2D eigenvalue weighted by molar-refractivity contribution is 5.87. The Morgan fingerprint density at radius 1 is 1.32 bits per heavy atom. The second kappa shape index (κ2) is 8.04. The summed E-state index contributed by atoms with van der Waals surface area (Å²) in [7, 11) is 1.62. The average molecular weight is 346 g/mol. The molecule has 1 aliphatic rings. The van der Waals surface area contributed by atoms with E-state index in [0.29, 0.717) is 32.1 Å². The van der Waals surface area contributed by atoms with Crippen LogP contribution in [0.4, 0.5) is 0 Å². The molecular formula is C18H22N2O5. The first-order chi connectivity index (χ1) is 12.2. The maximum Gasteiger partial charge on any atom is 0.356 e. The summed E-state index contributed by atoms with van der Waals surface area (Å²) >= 11 is 0. The van der Waals surface area contributed by atoms with Gasteiger partial charge in [-0.3, -0.25) is 4.68 Å². The van der Waals surface area contributed by atoms with Crippen LogP contribution in [0.25, 0.3) is 0 Å². The van der Waals surface area contributed by atoms with Crippen LogP contribution in [0, 0.1) is 0 Å². The molecular weight excluding hydrogens is 324 g/mol. The molecule has 1 fully saturated rings. The van der Waals surface area contributed by atoms with Gasteiger partial charge in [0, 0.05) is 11.8 Å². The molecule has 1 N–H and O–H groups in total. The summed E-state index contributed by atoms with van der Waals surface area (Å²) < 4.78 is 23.3. The minimum absolute atomic E-state index is 0.336. The van der Waals surface area contributed by atoms with Crippen LogP contribution < -0.4 is 10.2 Å². The van der Waals surface area contributed by atoms with Gasteiger partial charge < -0.3 is 24.4 Å². The molecule has 1 saturated heterocycles. The van der Waals surface area contributed by atoms with Crippen LogP contribution in [-0.2, 0) is 20.8 Å². The Morgan fingerprint density at radius 2 is 2.12 bits per heavy atom. The van der Waals surface area contributed by atoms with Crippen LogP contribution >= 0.6 is 0 Å². The van der Waals surface area contributed by atoms with Gasteiger partial charge in [0.2, 0.25) is 0 Å². The lowest BCUT2D eigenvalue weighted by molar-refractivity contribution is -0.0448. The molecule has 7 nitrogen and oxygen atoms in total. The number of hydrogen-bond acceptors (Lipinski definition) is 6. The Bertz CT molecular complexity index is 722. The van der Waals surface area contributed by atoms with Crippen molar-refractivity contribution in [2.75, 3.05) is 32.4 Å². The van der Waals surface area contributed by atoms with Crippen LogP contribution in [0.5, 0.6) is 5.75 Å². The fourth-order valence-electron chi connectivity index (χ4n) is 2.68. The molecule has 3 rings (SSSR count). The quantitative estimate of drug-likeness (QED) is 0.777. The molecule has 25 heavy (non-hydrogen) atoms. The number of carbonyl (C=O) groups excluding carboxylic acids is 1. The second-order valence-electron chi connectivity index (χ2n) is 5.46. The van der Waals surface area contributed by atoms with E-state index in [-0.39, 0.29) is 5.97 Å². The number of nitrogens with one attached hydrogen (secondary N) is 1. The Hall–Kier alpha value is -2.51. The zero-order valence-electron chi connectivity index (χ0n) is 14.4. The van der Waals surface area contributed by atoms with Crippen LogP contribution in [-0.4, -0.2) is 37.6 Å². The molecule has 1 aromatic heterocycles. The van der Waals surface area contributed by atoms with Gasteiger partial charge >= 0.3 is 5.97 Å². The predicted molar refractivity (Wildman–Crippen MR) is 91.1 cm³/mol. The molecule has 1 aromatic carbocycles. The summed E-state index contributed by atoms with van der Waals surface area (Å²) in [5.74, 6) is 0.378. The molecule has 0 aliphatic carbocycles. The van der Waals surface area contributed by atoms with Gasteiger partial charge in [0.25, 0.3) is 0 Å². The first-order valence-corrected chi connectivity index (χ1v) is 8.21. The molecule has 134 valence electrons. The van der Waals surface area contributed by atoms with Crippen molar-refractivity contribution >= 4 is 5.97 Å². The van der Waals surface area contributed by atoms with Crippen molar-refractivity contribution in [3.05, 3.63) is 53.3 Å². The molecule has 0 atom stereocenters. The number of methoxy groups -OCH3 is 1. The molecule has 0 saturated carbocycles. The minimum atomic E-state index is -0.402. The summed E-state index contributed by atoms with van der Waals surface area (Å²) in [6, 6.07) is 9.26. The Morgan fingerprint density at radius 3 is 2.84 bits per heavy atom. The first-order valence-electron chi connectivity index (χ1n) is 8.21. The van der Waals surface area contributed by atoms with Crippen molar-refractivity contribution in [3.63, 3.8) is 0 Å². The number of esters is 1. The van der Waals surface area contributed by atoms with Gasteiger partial charge in [-0.1, -0.05) is 6.07 Å². The Balaban J connectivity index is 1.77. The molecule has 0 spiro atoms. The van der Waals surface area contributed by atoms with Gasteiger partial charge in [0.1, 0.15) is 11.4 Å². The van der Waals surface area contributed by atoms with Crippen LogP contribution in [0.3, 0.4) is 0 Å². The van der Waals surface area contributed by atoms with E-state index in [1.54, 1.807) is 37.0 Å². The molecule has 0 amide bonds. The summed E-state index contributed by atoms with van der Waals surface area (Å²) in [6.07, 6.45) is 1.37. The lowest BCUT2D eigenvalue weighted by Crippen LogP contribution is -2.21. The predicted octanol–water partition coefficient (Wildman–Crippen LogP) is 2.46. The average Bonchev–Trinajstić information content (AvgIpc) is 3.31. The maximum atomic E-state index is 12.0. The largest absolute Gasteiger partial charge is 0.497 e. The molecule has 0 unspecified atom stereocenters. The van der Waals surface area contributed by atoms with Gasteiger partial charge in [0.15, 0.2) is 6.29 Å². The van der Waals surface area contributed by atoms with Crippen molar-refractivity contribution in [3.8, 4) is 5.75 Å². The fourth-order valence-corrected chi connectivity index (χ4v) is 2.68. The van der Waals surface area contributed by atoms with Crippen molar-refractivity contribution < 1.29 is 23.7 Å². The van der Waals surface area contributed by atoms with Crippen molar-refractivity contribution in [2.24, 2.45) is 0 Å². The van der Waals surface area contributed by atoms with Crippen molar-refractivity contribution in [2.45, 2.75) is 19.8 Å². The SMILES string of the molecule is CCOC(=O)c1cccn1NCc1ccc(OC)cc1C1OCCO1. The lowest BCUT2D eigenvalue weighted by Gasteiger charge is -2.18. The third-order valence-electron chi connectivity index (χ3n) is 3.90. The molecule has 0 bridgehead atoms. The highest BCUT2D eigenvalue weighted by Crippen LogP contribution is 2.29. The highest BCUT2D eigenvalue weighted by atomic mass is 16.7. The number of aromatic nitrogens is 1. The minimum Gasteiger partial charge on any atom is -0.497 e. The number of ether oxygens (including phenoxy) is 4. The Labute approximate surface area is 146 Å². The third-order valence-corrected chi connectivity index (χ3v) is 3.90.